The van der Waals surface area contributed by atoms with Crippen LogP contribution in [0.4, 0.5) is 0 Å². The van der Waals surface area contributed by atoms with E-state index in [-0.39, 0.29) is 0 Å². The summed E-state index contributed by atoms with van der Waals surface area (Å²) in [6.07, 6.45) is 7.71. The van der Waals surface area contributed by atoms with E-state index in [0.717, 1.165) is 30.7 Å². The molecule has 0 saturated heterocycles. The predicted octanol–water partition coefficient (Wildman–Crippen LogP) is 2.38. The second kappa shape index (κ2) is 184. The molecule has 19 heavy (non-hydrogen) atoms. The average molecular weight is 270 g/mol. The molecule has 0 heterocycles. The van der Waals surface area contributed by atoms with Crippen LogP contribution in [0.3, 0.4) is 0 Å². The fraction of sp³-hybridized carbons (Fsp3) is 0.273. The first kappa shape index (κ1) is 36.0. The van der Waals surface area contributed by atoms with Gasteiger partial charge >= 0.3 is 0 Å². The highest BCUT2D eigenvalue weighted by Crippen LogP contribution is 1.66. The third-order valence-electron chi connectivity index (χ3n) is 0.289. The summed E-state index contributed by atoms with van der Waals surface area (Å²) >= 11 is 0. The Labute approximate surface area is 111 Å². The van der Waals surface area contributed by atoms with Crippen molar-refractivity contribution in [2.24, 2.45) is 0 Å². The summed E-state index contributed by atoms with van der Waals surface area (Å²) in [7, 11) is 0. The highest BCUT2D eigenvalue weighted by molar-refractivity contribution is 5.26. The molecule has 106 valence electrons. The first-order valence-corrected chi connectivity index (χ1v) is 4.33. The van der Waals surface area contributed by atoms with E-state index in [0.29, 0.717) is 0 Å². The number of carbonyl (C=O) groups excluding carboxylic acids is 4. The van der Waals surface area contributed by atoms with Crippen molar-refractivity contribution in [2.75, 3.05) is 0 Å². The van der Waals surface area contributed by atoms with E-state index >= 15 is 0 Å². The van der Waals surface area contributed by atoms with Crippen LogP contribution in [-0.4, -0.2) is 24.3 Å². The van der Waals surface area contributed by atoms with Gasteiger partial charge in [-0.25, -0.2) is 40.8 Å². The van der Waals surface area contributed by atoms with Crippen molar-refractivity contribution in [3.05, 3.63) is 25.3 Å². The maximum atomic E-state index is 8.35. The van der Waals surface area contributed by atoms with Crippen molar-refractivity contribution in [2.45, 2.75) is 20.3 Å². The van der Waals surface area contributed by atoms with Crippen LogP contribution in [0.25, 0.3) is 0 Å². The Morgan fingerprint density at radius 3 is 0.895 bits per heavy atom. The van der Waals surface area contributed by atoms with Crippen LogP contribution in [0.5, 0.6) is 0 Å². The second-order valence-electron chi connectivity index (χ2n) is 1.51. The molecule has 0 amide bonds. The molecule has 0 rings (SSSR count). The average Bonchev–Trinajstić information content (AvgIpc) is 2.34. The van der Waals surface area contributed by atoms with Crippen molar-refractivity contribution in [1.82, 2.24) is 0 Å². The Hall–Kier alpha value is -3.00. The highest BCUT2D eigenvalue weighted by atomic mass is 16.1. The molecule has 0 fully saturated rings. The van der Waals surface area contributed by atoms with Crippen molar-refractivity contribution in [3.8, 4) is 0 Å². The Kier molecular flexibility index (Phi) is 348. The molecular formula is C11H18N4O4. The van der Waals surface area contributed by atoms with Gasteiger partial charge in [-0.15, -0.1) is 13.2 Å². The van der Waals surface area contributed by atoms with Gasteiger partial charge in [0.1, 0.15) is 0 Å². The summed E-state index contributed by atoms with van der Waals surface area (Å²) in [6, 6.07) is 0. The summed E-state index contributed by atoms with van der Waals surface area (Å²) in [6.45, 7) is 10.8. The predicted molar refractivity (Wildman–Crippen MR) is 70.0 cm³/mol. The summed E-state index contributed by atoms with van der Waals surface area (Å²) < 4.78 is 0. The molecule has 0 aliphatic heterocycles. The third kappa shape index (κ3) is 634. The van der Waals surface area contributed by atoms with Gasteiger partial charge < -0.3 is 0 Å². The van der Waals surface area contributed by atoms with E-state index in [1.165, 1.54) is 0 Å². The third-order valence-corrected chi connectivity index (χ3v) is 0.289. The van der Waals surface area contributed by atoms with Crippen LogP contribution in [0.15, 0.2) is 25.3 Å². The fourth-order valence-electron chi connectivity index (χ4n) is 0. The van der Waals surface area contributed by atoms with Gasteiger partial charge in [0.05, 0.1) is 0 Å². The van der Waals surface area contributed by atoms with Gasteiger partial charge in [0.15, 0.2) is 0 Å². The molecule has 0 aromatic carbocycles. The molecule has 0 bridgehead atoms. The molecule has 0 aliphatic carbocycles. The van der Waals surface area contributed by atoms with Crippen LogP contribution >= 0.6 is 0 Å². The number of hydrogen-bond acceptors (Lipinski definition) is 8. The van der Waals surface area contributed by atoms with E-state index in [1.807, 2.05) is 13.0 Å². The minimum atomic E-state index is 0.750. The number of allylic oxidation sites excluding steroid dienone is 2. The number of nitrogens with one attached hydrogen (secondary N) is 4. The van der Waals surface area contributed by atoms with Gasteiger partial charge in [-0.05, 0) is 13.3 Å². The monoisotopic (exact) mass is 270 g/mol. The minimum absolute atomic E-state index is 0.750. The molecule has 0 saturated carbocycles. The van der Waals surface area contributed by atoms with Gasteiger partial charge in [-0.3, -0.25) is 0 Å². The second-order valence-corrected chi connectivity index (χ2v) is 1.51. The zero-order valence-corrected chi connectivity index (χ0v) is 10.9. The van der Waals surface area contributed by atoms with E-state index in [9.17, 15) is 0 Å². The quantitative estimate of drug-likeness (QED) is 0.326. The summed E-state index contributed by atoms with van der Waals surface area (Å²) in [5, 5.41) is 21.6. The summed E-state index contributed by atoms with van der Waals surface area (Å²) in [5.41, 5.74) is 0. The van der Waals surface area contributed by atoms with Crippen molar-refractivity contribution < 1.29 is 19.2 Å². The normalized spacial score (nSPS) is 3.68. The lowest BCUT2D eigenvalue weighted by Gasteiger charge is -1.57. The lowest BCUT2D eigenvalue weighted by Crippen LogP contribution is -1.36. The van der Waals surface area contributed by atoms with Gasteiger partial charge in [0.25, 0.3) is 0 Å². The lowest BCUT2D eigenvalue weighted by atomic mass is 10.5. The van der Waals surface area contributed by atoms with E-state index in [2.05, 4.69) is 20.1 Å². The van der Waals surface area contributed by atoms with Crippen LogP contribution in [0.1, 0.15) is 20.3 Å². The molecule has 0 aromatic heterocycles. The van der Waals surface area contributed by atoms with E-state index < -0.39 is 0 Å². The topological polar surface area (TPSA) is 164 Å². The molecule has 0 atom stereocenters. The highest BCUT2D eigenvalue weighted by Gasteiger charge is 1.45. The Bertz CT molecular complexity index is 242. The van der Waals surface area contributed by atoms with Crippen molar-refractivity contribution in [3.63, 3.8) is 0 Å². The molecule has 8 nitrogen and oxygen atoms in total. The SMILES string of the molecule is C=CC.C=CCC.N=C=O.N=C=O.N=C=O.N=C=O. The molecule has 0 radical (unpaired) electrons. The summed E-state index contributed by atoms with van der Waals surface area (Å²) in [4.78, 5) is 33.4. The molecule has 0 spiro atoms. The van der Waals surface area contributed by atoms with Crippen LogP contribution in [0, 0.1) is 21.6 Å². The maximum Gasteiger partial charge on any atom is 0.231 e. The fourth-order valence-corrected chi connectivity index (χ4v) is 0. The van der Waals surface area contributed by atoms with Crippen LogP contribution < -0.4 is 0 Å². The lowest BCUT2D eigenvalue weighted by molar-refractivity contribution is 0.562. The molecular weight excluding hydrogens is 252 g/mol. The maximum absolute atomic E-state index is 8.35. The zero-order valence-electron chi connectivity index (χ0n) is 10.9. The number of isocyanates is 4. The van der Waals surface area contributed by atoms with Gasteiger partial charge in [0, 0.05) is 0 Å². The van der Waals surface area contributed by atoms with Gasteiger partial charge in [-0.1, -0.05) is 19.1 Å². The van der Waals surface area contributed by atoms with Crippen LogP contribution in [0.2, 0.25) is 0 Å². The van der Waals surface area contributed by atoms with Crippen molar-refractivity contribution in [1.29, 1.82) is 21.6 Å². The smallest absolute Gasteiger partial charge is 0.222 e. The van der Waals surface area contributed by atoms with Crippen molar-refractivity contribution >= 4 is 24.3 Å². The Morgan fingerprint density at radius 2 is 0.895 bits per heavy atom. The zero-order chi connectivity index (χ0) is 16.9. The van der Waals surface area contributed by atoms with Crippen LogP contribution in [-0.2, 0) is 19.2 Å². The molecule has 4 N–H and O–H groups in total. The van der Waals surface area contributed by atoms with E-state index in [4.69, 9.17) is 40.8 Å². The van der Waals surface area contributed by atoms with E-state index in [1.54, 1.807) is 6.08 Å². The summed E-state index contributed by atoms with van der Waals surface area (Å²) in [5.74, 6) is 0. The molecule has 0 aromatic rings. The standard InChI is InChI=1S/C4H8.C3H6.4CHNO/c1-3-4-2;1-3-2;4*2-1-3/h3H,1,4H2,2H3;3H,1H2,2H3;4*2H. The Balaban J connectivity index is -0.0000000268. The van der Waals surface area contributed by atoms with Gasteiger partial charge in [0.2, 0.25) is 24.3 Å². The Morgan fingerprint density at radius 1 is 0.842 bits per heavy atom. The largest absolute Gasteiger partial charge is 0.231 e. The van der Waals surface area contributed by atoms with Gasteiger partial charge in [-0.2, -0.15) is 0 Å². The number of rotatable bonds is 1. The molecule has 8 heteroatoms. The molecule has 0 aliphatic rings. The first-order valence-electron chi connectivity index (χ1n) is 4.33. The first-order chi connectivity index (χ1) is 8.99. The molecule has 0 unspecified atom stereocenters. The number of hydrogen-bond donors (Lipinski definition) is 4. The minimum Gasteiger partial charge on any atom is -0.222 e.